The molecule has 0 atom stereocenters. The van der Waals surface area contributed by atoms with E-state index >= 15 is 0 Å². The standard InChI is InChI=1S/C19H24FN3O2/c1-22(2)18-8-7-17(21)12-15(18)13-23(9-10-25-3)19(24)14-5-4-6-16(20)11-14/h4-8,11-12H,9-10,13,21H2,1-3H3. The smallest absolute Gasteiger partial charge is 0.254 e. The van der Waals surface area contributed by atoms with E-state index in [1.54, 1.807) is 18.1 Å². The highest BCUT2D eigenvalue weighted by molar-refractivity contribution is 5.94. The number of rotatable bonds is 7. The molecule has 0 unspecified atom stereocenters. The number of amides is 1. The maximum atomic E-state index is 13.5. The van der Waals surface area contributed by atoms with Crippen LogP contribution in [0.4, 0.5) is 15.8 Å². The zero-order valence-corrected chi connectivity index (χ0v) is 14.8. The fraction of sp³-hybridized carbons (Fsp3) is 0.316. The summed E-state index contributed by atoms with van der Waals surface area (Å²) in [6.07, 6.45) is 0. The first-order chi connectivity index (χ1) is 11.9. The zero-order valence-electron chi connectivity index (χ0n) is 14.8. The van der Waals surface area contributed by atoms with Crippen LogP contribution in [0.5, 0.6) is 0 Å². The largest absolute Gasteiger partial charge is 0.399 e. The molecule has 2 aromatic rings. The van der Waals surface area contributed by atoms with Crippen molar-refractivity contribution in [1.29, 1.82) is 0 Å². The fourth-order valence-electron chi connectivity index (χ4n) is 2.63. The molecule has 2 rings (SSSR count). The highest BCUT2D eigenvalue weighted by Crippen LogP contribution is 2.24. The summed E-state index contributed by atoms with van der Waals surface area (Å²) in [4.78, 5) is 16.4. The van der Waals surface area contributed by atoms with Gasteiger partial charge in [-0.3, -0.25) is 4.79 Å². The fourth-order valence-corrected chi connectivity index (χ4v) is 2.63. The van der Waals surface area contributed by atoms with Crippen LogP contribution in [0.1, 0.15) is 15.9 Å². The molecule has 0 heterocycles. The number of hydrogen-bond donors (Lipinski definition) is 1. The molecule has 134 valence electrons. The number of nitrogen functional groups attached to an aromatic ring is 1. The Bertz CT molecular complexity index is 734. The summed E-state index contributed by atoms with van der Waals surface area (Å²) in [5, 5.41) is 0. The topological polar surface area (TPSA) is 58.8 Å². The van der Waals surface area contributed by atoms with Gasteiger partial charge in [0.2, 0.25) is 0 Å². The molecule has 5 nitrogen and oxygen atoms in total. The van der Waals surface area contributed by atoms with E-state index in [0.29, 0.717) is 30.9 Å². The van der Waals surface area contributed by atoms with Crippen LogP contribution in [0.3, 0.4) is 0 Å². The van der Waals surface area contributed by atoms with Crippen molar-refractivity contribution in [3.63, 3.8) is 0 Å². The summed E-state index contributed by atoms with van der Waals surface area (Å²) >= 11 is 0. The highest BCUT2D eigenvalue weighted by atomic mass is 19.1. The van der Waals surface area contributed by atoms with Gasteiger partial charge >= 0.3 is 0 Å². The van der Waals surface area contributed by atoms with Gasteiger partial charge in [-0.1, -0.05) is 6.07 Å². The monoisotopic (exact) mass is 345 g/mol. The molecule has 6 heteroatoms. The van der Waals surface area contributed by atoms with Crippen molar-refractivity contribution in [2.45, 2.75) is 6.54 Å². The third-order valence-electron chi connectivity index (χ3n) is 3.87. The maximum Gasteiger partial charge on any atom is 0.254 e. The van der Waals surface area contributed by atoms with E-state index < -0.39 is 5.82 Å². The van der Waals surface area contributed by atoms with Gasteiger partial charge in [-0.2, -0.15) is 0 Å². The maximum absolute atomic E-state index is 13.5. The number of carbonyl (C=O) groups is 1. The van der Waals surface area contributed by atoms with Gasteiger partial charge in [-0.05, 0) is 42.0 Å². The SMILES string of the molecule is COCCN(Cc1cc(N)ccc1N(C)C)C(=O)c1cccc(F)c1. The second kappa shape index (κ2) is 8.48. The minimum Gasteiger partial charge on any atom is -0.399 e. The first kappa shape index (κ1) is 18.7. The van der Waals surface area contributed by atoms with Crippen molar-refractivity contribution < 1.29 is 13.9 Å². The van der Waals surface area contributed by atoms with E-state index in [1.165, 1.54) is 18.2 Å². The van der Waals surface area contributed by atoms with Gasteiger partial charge in [0.05, 0.1) is 6.61 Å². The summed E-state index contributed by atoms with van der Waals surface area (Å²) in [5.41, 5.74) is 8.75. The van der Waals surface area contributed by atoms with Crippen LogP contribution in [0.25, 0.3) is 0 Å². The lowest BCUT2D eigenvalue weighted by Gasteiger charge is -2.26. The van der Waals surface area contributed by atoms with Crippen LogP contribution in [-0.2, 0) is 11.3 Å². The summed E-state index contributed by atoms with van der Waals surface area (Å²) in [6.45, 7) is 1.14. The van der Waals surface area contributed by atoms with E-state index in [-0.39, 0.29) is 5.91 Å². The average molecular weight is 345 g/mol. The average Bonchev–Trinajstić information content (AvgIpc) is 2.57. The Balaban J connectivity index is 2.32. The quantitative estimate of drug-likeness (QED) is 0.784. The third kappa shape index (κ3) is 4.93. The number of nitrogens with two attached hydrogens (primary N) is 1. The molecule has 25 heavy (non-hydrogen) atoms. The van der Waals surface area contributed by atoms with Crippen LogP contribution in [0.2, 0.25) is 0 Å². The van der Waals surface area contributed by atoms with Crippen LogP contribution in [0.15, 0.2) is 42.5 Å². The summed E-state index contributed by atoms with van der Waals surface area (Å²) in [7, 11) is 5.45. The molecule has 0 radical (unpaired) electrons. The Labute approximate surface area is 147 Å². The first-order valence-corrected chi connectivity index (χ1v) is 8.02. The molecule has 0 bridgehead atoms. The van der Waals surface area contributed by atoms with Gasteiger partial charge in [0.25, 0.3) is 5.91 Å². The lowest BCUT2D eigenvalue weighted by Crippen LogP contribution is -2.34. The Hall–Kier alpha value is -2.60. The molecular weight excluding hydrogens is 321 g/mol. The predicted molar refractivity (Wildman–Crippen MR) is 98.2 cm³/mol. The van der Waals surface area contributed by atoms with Crippen LogP contribution in [0, 0.1) is 5.82 Å². The van der Waals surface area contributed by atoms with Crippen LogP contribution >= 0.6 is 0 Å². The molecule has 0 aromatic heterocycles. The Kier molecular flexibility index (Phi) is 6.36. The van der Waals surface area contributed by atoms with Crippen LogP contribution < -0.4 is 10.6 Å². The van der Waals surface area contributed by atoms with Crippen molar-refractivity contribution in [2.75, 3.05) is 45.0 Å². The Morgan fingerprint density at radius 1 is 1.20 bits per heavy atom. The van der Waals surface area contributed by atoms with Crippen molar-refractivity contribution in [1.82, 2.24) is 4.90 Å². The number of nitrogens with zero attached hydrogens (tertiary/aromatic N) is 2. The summed E-state index contributed by atoms with van der Waals surface area (Å²) < 4.78 is 18.6. The van der Waals surface area contributed by atoms with Gasteiger partial charge in [-0.25, -0.2) is 4.39 Å². The second-order valence-electron chi connectivity index (χ2n) is 6.01. The molecule has 0 saturated heterocycles. The number of methoxy groups -OCH3 is 1. The lowest BCUT2D eigenvalue weighted by atomic mass is 10.1. The second-order valence-corrected chi connectivity index (χ2v) is 6.01. The first-order valence-electron chi connectivity index (χ1n) is 8.02. The molecule has 0 aliphatic carbocycles. The minimum atomic E-state index is -0.435. The van der Waals surface area contributed by atoms with E-state index in [9.17, 15) is 9.18 Å². The molecule has 0 saturated carbocycles. The van der Waals surface area contributed by atoms with Crippen molar-refractivity contribution >= 4 is 17.3 Å². The molecule has 0 aliphatic rings. The van der Waals surface area contributed by atoms with Gasteiger partial charge in [-0.15, -0.1) is 0 Å². The van der Waals surface area contributed by atoms with Crippen molar-refractivity contribution in [3.8, 4) is 0 Å². The minimum absolute atomic E-state index is 0.247. The van der Waals surface area contributed by atoms with Gasteiger partial charge in [0.15, 0.2) is 0 Å². The van der Waals surface area contributed by atoms with Gasteiger partial charge < -0.3 is 20.3 Å². The number of hydrogen-bond acceptors (Lipinski definition) is 4. The zero-order chi connectivity index (χ0) is 18.4. The molecular formula is C19H24FN3O2. The van der Waals surface area contributed by atoms with Crippen molar-refractivity contribution in [3.05, 3.63) is 59.4 Å². The number of carbonyl (C=O) groups excluding carboxylic acids is 1. The van der Waals surface area contributed by atoms with E-state index in [0.717, 1.165) is 11.3 Å². The van der Waals surface area contributed by atoms with E-state index in [4.69, 9.17) is 10.5 Å². The normalized spacial score (nSPS) is 10.6. The molecule has 0 spiro atoms. The highest BCUT2D eigenvalue weighted by Gasteiger charge is 2.18. The molecule has 2 N–H and O–H groups in total. The van der Waals surface area contributed by atoms with Gasteiger partial charge in [0.1, 0.15) is 5.82 Å². The van der Waals surface area contributed by atoms with E-state index in [2.05, 4.69) is 0 Å². The molecule has 2 aromatic carbocycles. The Morgan fingerprint density at radius 3 is 2.60 bits per heavy atom. The number of ether oxygens (including phenoxy) is 1. The third-order valence-corrected chi connectivity index (χ3v) is 3.87. The number of anilines is 2. The molecule has 1 amide bonds. The number of benzene rings is 2. The predicted octanol–water partition coefficient (Wildman–Crippen LogP) is 2.76. The van der Waals surface area contributed by atoms with Gasteiger partial charge in [0, 0.05) is 51.2 Å². The molecule has 0 aliphatic heterocycles. The summed E-state index contributed by atoms with van der Waals surface area (Å²) in [5.74, 6) is -0.681. The molecule has 0 fully saturated rings. The number of halogens is 1. The van der Waals surface area contributed by atoms with Crippen LogP contribution in [-0.4, -0.2) is 45.2 Å². The van der Waals surface area contributed by atoms with Crippen molar-refractivity contribution in [2.24, 2.45) is 0 Å². The lowest BCUT2D eigenvalue weighted by molar-refractivity contribution is 0.0680. The Morgan fingerprint density at radius 2 is 1.96 bits per heavy atom. The summed E-state index contributed by atoms with van der Waals surface area (Å²) in [6, 6.07) is 11.3. The van der Waals surface area contributed by atoms with E-state index in [1.807, 2.05) is 37.2 Å².